The minimum Gasteiger partial charge on any atom is -0.495 e. The molecule has 1 aromatic carbocycles. The zero-order valence-electron chi connectivity index (χ0n) is 11.0. The Labute approximate surface area is 104 Å². The molecule has 1 aromatic rings. The number of aryl methyl sites for hydroxylation is 1. The predicted octanol–water partition coefficient (Wildman–Crippen LogP) is 2.96. The molecule has 0 spiro atoms. The summed E-state index contributed by atoms with van der Waals surface area (Å²) in [5.74, 6) is 0.781. The molecule has 3 heteroatoms. The Hall–Kier alpha value is -1.38. The molecule has 1 heterocycles. The Morgan fingerprint density at radius 2 is 2.12 bits per heavy atom. The quantitative estimate of drug-likeness (QED) is 0.799. The van der Waals surface area contributed by atoms with Gasteiger partial charge in [-0.25, -0.2) is 0 Å². The van der Waals surface area contributed by atoms with Crippen LogP contribution in [-0.2, 0) is 0 Å². The van der Waals surface area contributed by atoms with Gasteiger partial charge in [-0.1, -0.05) is 0 Å². The second-order valence-corrected chi connectivity index (χ2v) is 4.92. The lowest BCUT2D eigenvalue weighted by molar-refractivity contribution is 0.416. The third kappa shape index (κ3) is 2.33. The Balaban J connectivity index is 2.36. The molecule has 3 nitrogen and oxygen atoms in total. The molecule has 1 aliphatic rings. The molecule has 0 saturated carbocycles. The lowest BCUT2D eigenvalue weighted by Gasteiger charge is -2.36. The first-order chi connectivity index (χ1) is 8.13. The van der Waals surface area contributed by atoms with Crippen LogP contribution in [0.4, 0.5) is 11.4 Å². The van der Waals surface area contributed by atoms with Crippen LogP contribution in [0.1, 0.15) is 31.7 Å². The topological polar surface area (TPSA) is 38.5 Å². The highest BCUT2D eigenvalue weighted by atomic mass is 16.5. The van der Waals surface area contributed by atoms with E-state index in [2.05, 4.69) is 24.8 Å². The minimum atomic E-state index is 0.607. The summed E-state index contributed by atoms with van der Waals surface area (Å²) in [6.07, 6.45) is 3.88. The maximum Gasteiger partial charge on any atom is 0.143 e. The number of ether oxygens (including phenoxy) is 1. The smallest absolute Gasteiger partial charge is 0.143 e. The van der Waals surface area contributed by atoms with E-state index in [0.29, 0.717) is 6.04 Å². The molecule has 1 fully saturated rings. The zero-order valence-corrected chi connectivity index (χ0v) is 11.0. The van der Waals surface area contributed by atoms with Crippen LogP contribution in [0.3, 0.4) is 0 Å². The van der Waals surface area contributed by atoms with Crippen LogP contribution in [0.2, 0.25) is 0 Å². The third-order valence-electron chi connectivity index (χ3n) is 3.66. The Kier molecular flexibility index (Phi) is 3.46. The number of nitrogen functional groups attached to an aromatic ring is 1. The van der Waals surface area contributed by atoms with Crippen molar-refractivity contribution in [1.82, 2.24) is 0 Å². The molecular formula is C14H22N2O. The fourth-order valence-electron chi connectivity index (χ4n) is 2.64. The van der Waals surface area contributed by atoms with Crippen molar-refractivity contribution < 1.29 is 4.74 Å². The predicted molar refractivity (Wildman–Crippen MR) is 72.8 cm³/mol. The summed E-state index contributed by atoms with van der Waals surface area (Å²) in [6.45, 7) is 5.54. The van der Waals surface area contributed by atoms with Crippen LogP contribution in [-0.4, -0.2) is 19.7 Å². The minimum absolute atomic E-state index is 0.607. The lowest BCUT2D eigenvalue weighted by Crippen LogP contribution is -2.37. The van der Waals surface area contributed by atoms with Crippen molar-refractivity contribution >= 4 is 11.4 Å². The van der Waals surface area contributed by atoms with E-state index in [1.165, 1.54) is 30.5 Å². The van der Waals surface area contributed by atoms with E-state index >= 15 is 0 Å². The average Bonchev–Trinajstić information content (AvgIpc) is 2.31. The largest absolute Gasteiger partial charge is 0.495 e. The summed E-state index contributed by atoms with van der Waals surface area (Å²) in [4.78, 5) is 2.47. The Morgan fingerprint density at radius 3 is 2.76 bits per heavy atom. The summed E-state index contributed by atoms with van der Waals surface area (Å²) >= 11 is 0. The molecular weight excluding hydrogens is 212 g/mol. The van der Waals surface area contributed by atoms with Crippen molar-refractivity contribution in [2.45, 2.75) is 39.2 Å². The van der Waals surface area contributed by atoms with Crippen LogP contribution >= 0.6 is 0 Å². The number of methoxy groups -OCH3 is 1. The lowest BCUT2D eigenvalue weighted by atomic mass is 10.0. The van der Waals surface area contributed by atoms with E-state index in [-0.39, 0.29) is 0 Å². The van der Waals surface area contributed by atoms with Gasteiger partial charge in [-0.05, 0) is 44.7 Å². The van der Waals surface area contributed by atoms with Crippen LogP contribution in [0.25, 0.3) is 0 Å². The molecule has 0 aliphatic carbocycles. The number of anilines is 2. The Bertz CT molecular complexity index is 403. The summed E-state index contributed by atoms with van der Waals surface area (Å²) < 4.78 is 5.32. The second kappa shape index (κ2) is 4.86. The number of benzene rings is 1. The molecule has 2 N–H and O–H groups in total. The maximum absolute atomic E-state index is 5.92. The van der Waals surface area contributed by atoms with Gasteiger partial charge in [0.1, 0.15) is 5.75 Å². The van der Waals surface area contributed by atoms with Gasteiger partial charge in [-0.15, -0.1) is 0 Å². The number of nitrogens with two attached hydrogens (primary N) is 1. The van der Waals surface area contributed by atoms with Crippen LogP contribution < -0.4 is 15.4 Å². The van der Waals surface area contributed by atoms with Crippen molar-refractivity contribution in [3.8, 4) is 5.75 Å². The molecule has 1 atom stereocenters. The number of nitrogens with zero attached hydrogens (tertiary/aromatic N) is 1. The van der Waals surface area contributed by atoms with Crippen LogP contribution in [0.5, 0.6) is 5.75 Å². The first-order valence-electron chi connectivity index (χ1n) is 6.34. The SMILES string of the molecule is COc1cc(N2CCCCC2C)c(C)cc1N. The molecule has 0 amide bonds. The third-order valence-corrected chi connectivity index (χ3v) is 3.66. The van der Waals surface area contributed by atoms with Gasteiger partial charge in [0.05, 0.1) is 12.8 Å². The van der Waals surface area contributed by atoms with E-state index in [1.807, 2.05) is 6.07 Å². The number of hydrogen-bond donors (Lipinski definition) is 1. The van der Waals surface area contributed by atoms with E-state index < -0.39 is 0 Å². The van der Waals surface area contributed by atoms with E-state index in [9.17, 15) is 0 Å². The molecule has 1 aliphatic heterocycles. The standard InChI is InChI=1S/C14H22N2O/c1-10-8-12(15)14(17-3)9-13(10)16-7-5-4-6-11(16)2/h8-9,11H,4-7,15H2,1-3H3. The highest BCUT2D eigenvalue weighted by Gasteiger charge is 2.21. The normalized spacial score (nSPS) is 20.4. The fraction of sp³-hybridized carbons (Fsp3) is 0.571. The maximum atomic E-state index is 5.92. The van der Waals surface area contributed by atoms with Crippen LogP contribution in [0.15, 0.2) is 12.1 Å². The molecule has 1 unspecified atom stereocenters. The monoisotopic (exact) mass is 234 g/mol. The second-order valence-electron chi connectivity index (χ2n) is 4.92. The van der Waals surface area contributed by atoms with Crippen LogP contribution in [0, 0.1) is 6.92 Å². The molecule has 2 rings (SSSR count). The fourth-order valence-corrected chi connectivity index (χ4v) is 2.64. The van der Waals surface area contributed by atoms with E-state index in [1.54, 1.807) is 7.11 Å². The number of piperidine rings is 1. The molecule has 0 radical (unpaired) electrons. The molecule has 1 saturated heterocycles. The first-order valence-corrected chi connectivity index (χ1v) is 6.34. The molecule has 17 heavy (non-hydrogen) atoms. The summed E-state index contributed by atoms with van der Waals surface area (Å²) in [6, 6.07) is 4.69. The molecule has 0 bridgehead atoms. The van der Waals surface area contributed by atoms with Gasteiger partial charge in [-0.2, -0.15) is 0 Å². The summed E-state index contributed by atoms with van der Waals surface area (Å²) in [7, 11) is 1.67. The van der Waals surface area contributed by atoms with Crippen molar-refractivity contribution in [3.63, 3.8) is 0 Å². The van der Waals surface area contributed by atoms with Gasteiger partial charge in [-0.3, -0.25) is 0 Å². The first kappa shape index (κ1) is 12.1. The zero-order chi connectivity index (χ0) is 12.4. The van der Waals surface area contributed by atoms with Crippen molar-refractivity contribution in [2.75, 3.05) is 24.3 Å². The van der Waals surface area contributed by atoms with Gasteiger partial charge in [0.25, 0.3) is 0 Å². The van der Waals surface area contributed by atoms with Gasteiger partial charge >= 0.3 is 0 Å². The molecule has 94 valence electrons. The number of rotatable bonds is 2. The van der Waals surface area contributed by atoms with Gasteiger partial charge in [0.2, 0.25) is 0 Å². The van der Waals surface area contributed by atoms with Gasteiger partial charge in [0, 0.05) is 24.3 Å². The van der Waals surface area contributed by atoms with E-state index in [0.717, 1.165) is 18.0 Å². The van der Waals surface area contributed by atoms with Crippen molar-refractivity contribution in [1.29, 1.82) is 0 Å². The Morgan fingerprint density at radius 1 is 1.35 bits per heavy atom. The van der Waals surface area contributed by atoms with E-state index in [4.69, 9.17) is 10.5 Å². The average molecular weight is 234 g/mol. The van der Waals surface area contributed by atoms with Gasteiger partial charge in [0.15, 0.2) is 0 Å². The molecule has 0 aromatic heterocycles. The van der Waals surface area contributed by atoms with Gasteiger partial charge < -0.3 is 15.4 Å². The number of hydrogen-bond acceptors (Lipinski definition) is 3. The highest BCUT2D eigenvalue weighted by Crippen LogP contribution is 2.34. The highest BCUT2D eigenvalue weighted by molar-refractivity contribution is 5.67. The van der Waals surface area contributed by atoms with Crippen molar-refractivity contribution in [3.05, 3.63) is 17.7 Å². The summed E-state index contributed by atoms with van der Waals surface area (Å²) in [5.41, 5.74) is 9.14. The summed E-state index contributed by atoms with van der Waals surface area (Å²) in [5, 5.41) is 0. The van der Waals surface area contributed by atoms with Crippen molar-refractivity contribution in [2.24, 2.45) is 0 Å².